The molecular weight excluding hydrogens is 456 g/mol. The number of hydrogen-bond acceptors (Lipinski definition) is 6. The topological polar surface area (TPSA) is 73.8 Å². The normalized spacial score (nSPS) is 12.3. The Balaban J connectivity index is 1.94. The standard InChI is InChI=1S/C24H32N4O3S2/c1-7-18-8-13-21-22(16-18)32-24(25-21)28(15-14-26(4)5)23(29)19-9-11-20(12-10-19)33(30,31)27(6)17(2)3/h8-13,16-17H,7,14-15H2,1-6H3. The maximum Gasteiger partial charge on any atom is 0.260 e. The monoisotopic (exact) mass is 488 g/mol. The maximum atomic E-state index is 13.5. The van der Waals surface area contributed by atoms with E-state index in [9.17, 15) is 13.2 Å². The first-order chi connectivity index (χ1) is 15.5. The number of benzene rings is 2. The maximum absolute atomic E-state index is 13.5. The Bertz CT molecular complexity index is 1220. The summed E-state index contributed by atoms with van der Waals surface area (Å²) in [6.45, 7) is 6.90. The van der Waals surface area contributed by atoms with Crippen molar-refractivity contribution in [2.45, 2.75) is 38.1 Å². The molecule has 3 aromatic rings. The summed E-state index contributed by atoms with van der Waals surface area (Å²) in [7, 11) is 1.86. The number of fused-ring (bicyclic) bond motifs is 1. The quantitative estimate of drug-likeness (QED) is 0.453. The summed E-state index contributed by atoms with van der Waals surface area (Å²) in [5, 5.41) is 0.640. The summed E-state index contributed by atoms with van der Waals surface area (Å²) in [6, 6.07) is 12.2. The van der Waals surface area contributed by atoms with Crippen molar-refractivity contribution in [1.29, 1.82) is 0 Å². The van der Waals surface area contributed by atoms with Gasteiger partial charge in [-0.3, -0.25) is 9.69 Å². The molecule has 0 atom stereocenters. The van der Waals surface area contributed by atoms with E-state index in [4.69, 9.17) is 4.98 Å². The Morgan fingerprint density at radius 1 is 1.03 bits per heavy atom. The molecule has 1 heterocycles. The third-order valence-electron chi connectivity index (χ3n) is 5.60. The highest BCUT2D eigenvalue weighted by Gasteiger charge is 2.25. The van der Waals surface area contributed by atoms with Crippen LogP contribution in [0.5, 0.6) is 0 Å². The average Bonchev–Trinajstić information content (AvgIpc) is 3.21. The van der Waals surface area contributed by atoms with E-state index < -0.39 is 10.0 Å². The van der Waals surface area contributed by atoms with Crippen LogP contribution in [0.25, 0.3) is 10.2 Å². The van der Waals surface area contributed by atoms with Gasteiger partial charge in [-0.15, -0.1) is 0 Å². The SMILES string of the molecule is CCc1ccc2nc(N(CCN(C)C)C(=O)c3ccc(S(=O)(=O)N(C)C(C)C)cc3)sc2c1. The second-order valence-corrected chi connectivity index (χ2v) is 11.6. The van der Waals surface area contributed by atoms with Crippen molar-refractivity contribution in [3.63, 3.8) is 0 Å². The van der Waals surface area contributed by atoms with Crippen LogP contribution in [0.2, 0.25) is 0 Å². The van der Waals surface area contributed by atoms with Gasteiger partial charge in [0, 0.05) is 31.7 Å². The number of aryl methyl sites for hydroxylation is 1. The second-order valence-electron chi connectivity index (χ2n) is 8.55. The van der Waals surface area contributed by atoms with Crippen LogP contribution in [0.1, 0.15) is 36.7 Å². The molecule has 0 bridgehead atoms. The molecule has 0 radical (unpaired) electrons. The second kappa shape index (κ2) is 10.3. The van der Waals surface area contributed by atoms with Crippen molar-refractivity contribution < 1.29 is 13.2 Å². The summed E-state index contributed by atoms with van der Waals surface area (Å²) in [5.74, 6) is -0.201. The number of nitrogens with zero attached hydrogens (tertiary/aromatic N) is 4. The molecular formula is C24H32N4O3S2. The first-order valence-electron chi connectivity index (χ1n) is 11.0. The molecule has 0 aliphatic rings. The zero-order valence-corrected chi connectivity index (χ0v) is 21.7. The first-order valence-corrected chi connectivity index (χ1v) is 13.2. The van der Waals surface area contributed by atoms with Gasteiger partial charge in [-0.25, -0.2) is 13.4 Å². The van der Waals surface area contributed by atoms with Crippen LogP contribution in [-0.4, -0.2) is 68.8 Å². The molecule has 0 saturated carbocycles. The number of hydrogen-bond donors (Lipinski definition) is 0. The number of carbonyl (C=O) groups excluding carboxylic acids is 1. The highest BCUT2D eigenvalue weighted by Crippen LogP contribution is 2.31. The minimum Gasteiger partial charge on any atom is -0.308 e. The van der Waals surface area contributed by atoms with Crippen LogP contribution in [0, 0.1) is 0 Å². The van der Waals surface area contributed by atoms with E-state index in [-0.39, 0.29) is 16.8 Å². The van der Waals surface area contributed by atoms with E-state index in [0.717, 1.165) is 16.6 Å². The number of thiazole rings is 1. The number of carbonyl (C=O) groups is 1. The Morgan fingerprint density at radius 2 is 1.70 bits per heavy atom. The number of rotatable bonds is 9. The smallest absolute Gasteiger partial charge is 0.260 e. The summed E-state index contributed by atoms with van der Waals surface area (Å²) in [6.07, 6.45) is 0.938. The zero-order chi connectivity index (χ0) is 24.3. The van der Waals surface area contributed by atoms with Gasteiger partial charge in [0.2, 0.25) is 10.0 Å². The van der Waals surface area contributed by atoms with Crippen molar-refractivity contribution in [3.8, 4) is 0 Å². The molecule has 0 saturated heterocycles. The van der Waals surface area contributed by atoms with Crippen LogP contribution in [-0.2, 0) is 16.4 Å². The van der Waals surface area contributed by atoms with Crippen molar-refractivity contribution in [3.05, 3.63) is 53.6 Å². The van der Waals surface area contributed by atoms with Gasteiger partial charge < -0.3 is 4.90 Å². The zero-order valence-electron chi connectivity index (χ0n) is 20.1. The molecule has 178 valence electrons. The van der Waals surface area contributed by atoms with E-state index in [1.807, 2.05) is 38.9 Å². The Labute approximate surface area is 200 Å². The largest absolute Gasteiger partial charge is 0.308 e. The molecule has 0 aliphatic carbocycles. The van der Waals surface area contributed by atoms with Crippen LogP contribution < -0.4 is 4.90 Å². The van der Waals surface area contributed by atoms with E-state index >= 15 is 0 Å². The number of amides is 1. The molecule has 0 N–H and O–H groups in total. The lowest BCUT2D eigenvalue weighted by Gasteiger charge is -2.23. The molecule has 1 aromatic heterocycles. The summed E-state index contributed by atoms with van der Waals surface area (Å²) < 4.78 is 27.9. The minimum atomic E-state index is -3.61. The van der Waals surface area contributed by atoms with Gasteiger partial charge in [0.05, 0.1) is 15.1 Å². The number of likely N-dealkylation sites (N-methyl/N-ethyl adjacent to an activating group) is 1. The minimum absolute atomic E-state index is 0.162. The third kappa shape index (κ3) is 5.60. The van der Waals surface area contributed by atoms with Gasteiger partial charge in [0.25, 0.3) is 5.91 Å². The Kier molecular flexibility index (Phi) is 7.89. The molecule has 33 heavy (non-hydrogen) atoms. The predicted octanol–water partition coefficient (Wildman–Crippen LogP) is 4.10. The lowest BCUT2D eigenvalue weighted by Crippen LogP contribution is -2.37. The predicted molar refractivity (Wildman–Crippen MR) is 136 cm³/mol. The Hall–Kier alpha value is -2.33. The van der Waals surface area contributed by atoms with Crippen LogP contribution >= 0.6 is 11.3 Å². The van der Waals surface area contributed by atoms with Crippen LogP contribution in [0.15, 0.2) is 47.4 Å². The number of anilines is 1. The summed E-state index contributed by atoms with van der Waals surface area (Å²) in [4.78, 5) is 22.1. The van der Waals surface area contributed by atoms with Gasteiger partial charge in [0.1, 0.15) is 0 Å². The molecule has 2 aromatic carbocycles. The molecule has 0 aliphatic heterocycles. The fourth-order valence-corrected chi connectivity index (χ4v) is 5.67. The van der Waals surface area contributed by atoms with E-state index in [1.165, 1.54) is 33.3 Å². The van der Waals surface area contributed by atoms with Crippen molar-refractivity contribution in [2.24, 2.45) is 0 Å². The van der Waals surface area contributed by atoms with Gasteiger partial charge in [-0.1, -0.05) is 24.3 Å². The van der Waals surface area contributed by atoms with Gasteiger partial charge >= 0.3 is 0 Å². The summed E-state index contributed by atoms with van der Waals surface area (Å²) >= 11 is 1.50. The van der Waals surface area contributed by atoms with E-state index in [0.29, 0.717) is 23.8 Å². The molecule has 7 nitrogen and oxygen atoms in total. The molecule has 3 rings (SSSR count). The first kappa shape index (κ1) is 25.3. The highest BCUT2D eigenvalue weighted by molar-refractivity contribution is 7.89. The van der Waals surface area contributed by atoms with Crippen LogP contribution in [0.3, 0.4) is 0 Å². The van der Waals surface area contributed by atoms with E-state index in [1.54, 1.807) is 24.1 Å². The van der Waals surface area contributed by atoms with Crippen molar-refractivity contribution in [2.75, 3.05) is 39.1 Å². The Morgan fingerprint density at radius 3 is 2.27 bits per heavy atom. The fraction of sp³-hybridized carbons (Fsp3) is 0.417. The molecule has 0 fully saturated rings. The van der Waals surface area contributed by atoms with Gasteiger partial charge in [-0.2, -0.15) is 4.31 Å². The van der Waals surface area contributed by atoms with Crippen LogP contribution in [0.4, 0.5) is 5.13 Å². The third-order valence-corrected chi connectivity index (χ3v) is 8.69. The van der Waals surface area contributed by atoms with Crippen molar-refractivity contribution >= 4 is 42.6 Å². The lowest BCUT2D eigenvalue weighted by atomic mass is 10.2. The molecule has 9 heteroatoms. The molecule has 0 spiro atoms. The number of aromatic nitrogens is 1. The van der Waals surface area contributed by atoms with Gasteiger partial charge in [-0.05, 0) is 76.3 Å². The number of sulfonamides is 1. The molecule has 0 unspecified atom stereocenters. The lowest BCUT2D eigenvalue weighted by molar-refractivity contribution is 0.0985. The highest BCUT2D eigenvalue weighted by atomic mass is 32.2. The summed E-state index contributed by atoms with van der Waals surface area (Å²) in [5.41, 5.74) is 2.52. The average molecular weight is 489 g/mol. The van der Waals surface area contributed by atoms with Crippen molar-refractivity contribution in [1.82, 2.24) is 14.2 Å². The fourth-order valence-electron chi connectivity index (χ4n) is 3.25. The van der Waals surface area contributed by atoms with E-state index in [2.05, 4.69) is 19.1 Å². The van der Waals surface area contributed by atoms with Gasteiger partial charge in [0.15, 0.2) is 5.13 Å². The molecule has 1 amide bonds.